The molecule has 0 aliphatic carbocycles. The number of para-hydroxylation sites is 1. The number of carbonyl (C=O) groups excluding carboxylic acids is 1. The Bertz CT molecular complexity index is 998. The lowest BCUT2D eigenvalue weighted by Gasteiger charge is -2.18. The van der Waals surface area contributed by atoms with Gasteiger partial charge >= 0.3 is 0 Å². The van der Waals surface area contributed by atoms with E-state index in [0.717, 1.165) is 22.2 Å². The molecule has 0 saturated heterocycles. The number of hydrogen-bond donors (Lipinski definition) is 2. The molecule has 0 fully saturated rings. The molecule has 2 aromatic carbocycles. The number of nitrogens with one attached hydrogen (secondary N) is 2. The molecule has 4 rings (SSSR count). The van der Waals surface area contributed by atoms with Gasteiger partial charge in [-0.2, -0.15) is 5.10 Å². The topological polar surface area (TPSA) is 75.6 Å². The van der Waals surface area contributed by atoms with Gasteiger partial charge in [0.2, 0.25) is 0 Å². The summed E-state index contributed by atoms with van der Waals surface area (Å²) in [6.45, 7) is 1.94. The highest BCUT2D eigenvalue weighted by atomic mass is 16.5. The summed E-state index contributed by atoms with van der Waals surface area (Å²) in [5.41, 5.74) is 6.22. The number of pyridine rings is 1. The first-order valence-corrected chi connectivity index (χ1v) is 7.92. The predicted octanol–water partition coefficient (Wildman–Crippen LogP) is 3.40. The summed E-state index contributed by atoms with van der Waals surface area (Å²) in [6.07, 6.45) is 0. The molecule has 25 heavy (non-hydrogen) atoms. The Hall–Kier alpha value is -3.41. The van der Waals surface area contributed by atoms with Crippen LogP contribution in [0.5, 0.6) is 5.75 Å². The number of amides is 1. The van der Waals surface area contributed by atoms with Gasteiger partial charge in [-0.15, -0.1) is 0 Å². The summed E-state index contributed by atoms with van der Waals surface area (Å²) in [4.78, 5) is 16.0. The van der Waals surface area contributed by atoms with E-state index >= 15 is 0 Å². The number of fused-ring (bicyclic) bond motifs is 2. The van der Waals surface area contributed by atoms with Crippen LogP contribution < -0.4 is 15.5 Å². The smallest absolute Gasteiger partial charge is 0.262 e. The van der Waals surface area contributed by atoms with E-state index in [1.54, 1.807) is 0 Å². The number of rotatable bonds is 3. The normalized spacial score (nSPS) is 13.8. The summed E-state index contributed by atoms with van der Waals surface area (Å²) in [5.74, 6) is 1.19. The molecule has 2 N–H and O–H groups in total. The van der Waals surface area contributed by atoms with E-state index in [2.05, 4.69) is 20.8 Å². The third-order valence-electron chi connectivity index (χ3n) is 3.97. The summed E-state index contributed by atoms with van der Waals surface area (Å²) >= 11 is 0. The van der Waals surface area contributed by atoms with Crippen LogP contribution in [0.3, 0.4) is 0 Å². The van der Waals surface area contributed by atoms with Crippen LogP contribution in [0.1, 0.15) is 12.5 Å². The molecular weight excluding hydrogens is 316 g/mol. The molecule has 3 aromatic rings. The molecule has 0 saturated carbocycles. The van der Waals surface area contributed by atoms with Crippen LogP contribution in [0.4, 0.5) is 11.5 Å². The summed E-state index contributed by atoms with van der Waals surface area (Å²) in [7, 11) is 0. The van der Waals surface area contributed by atoms with E-state index in [-0.39, 0.29) is 12.5 Å². The van der Waals surface area contributed by atoms with Crippen molar-refractivity contribution in [3.05, 3.63) is 60.2 Å². The lowest BCUT2D eigenvalue weighted by Crippen LogP contribution is -2.25. The van der Waals surface area contributed by atoms with Crippen molar-refractivity contribution in [2.45, 2.75) is 6.92 Å². The molecule has 2 heterocycles. The molecule has 6 heteroatoms. The van der Waals surface area contributed by atoms with Gasteiger partial charge in [0, 0.05) is 5.39 Å². The maximum absolute atomic E-state index is 11.4. The first-order chi connectivity index (χ1) is 12.2. The van der Waals surface area contributed by atoms with Gasteiger partial charge in [-0.05, 0) is 48.9 Å². The number of aromatic nitrogens is 1. The van der Waals surface area contributed by atoms with Crippen molar-refractivity contribution in [3.8, 4) is 5.75 Å². The Kier molecular flexibility index (Phi) is 3.78. The van der Waals surface area contributed by atoms with Crippen LogP contribution in [0.2, 0.25) is 0 Å². The Morgan fingerprint density at radius 3 is 3.00 bits per heavy atom. The van der Waals surface area contributed by atoms with Gasteiger partial charge in [-0.25, -0.2) is 4.98 Å². The zero-order valence-electron chi connectivity index (χ0n) is 13.6. The second-order valence-corrected chi connectivity index (χ2v) is 5.75. The maximum atomic E-state index is 11.4. The highest BCUT2D eigenvalue weighted by Gasteiger charge is 2.16. The fourth-order valence-corrected chi connectivity index (χ4v) is 2.64. The highest BCUT2D eigenvalue weighted by molar-refractivity contribution is 6.02. The largest absolute Gasteiger partial charge is 0.482 e. The maximum Gasteiger partial charge on any atom is 0.262 e. The SMILES string of the molecule is C/C(=N\Nc1ccc2ccccc2n1)c1ccc2c(c1)NC(=O)CO2. The zero-order chi connectivity index (χ0) is 17.2. The number of nitrogens with zero attached hydrogens (tertiary/aromatic N) is 2. The van der Waals surface area contributed by atoms with E-state index in [1.807, 2.05) is 61.5 Å². The van der Waals surface area contributed by atoms with E-state index in [9.17, 15) is 4.79 Å². The van der Waals surface area contributed by atoms with Crippen LogP contribution in [0, 0.1) is 0 Å². The van der Waals surface area contributed by atoms with E-state index in [1.165, 1.54) is 0 Å². The number of benzene rings is 2. The van der Waals surface area contributed by atoms with Crippen LogP contribution in [0.25, 0.3) is 10.9 Å². The van der Waals surface area contributed by atoms with Crippen LogP contribution in [-0.4, -0.2) is 23.2 Å². The summed E-state index contributed by atoms with van der Waals surface area (Å²) in [5, 5.41) is 8.27. The molecule has 0 atom stereocenters. The third-order valence-corrected chi connectivity index (χ3v) is 3.97. The molecule has 0 radical (unpaired) electrons. The second kappa shape index (κ2) is 6.24. The van der Waals surface area contributed by atoms with Gasteiger partial charge in [0.1, 0.15) is 11.6 Å². The van der Waals surface area contributed by atoms with Crippen LogP contribution in [0.15, 0.2) is 59.7 Å². The van der Waals surface area contributed by atoms with Gasteiger partial charge in [-0.3, -0.25) is 10.2 Å². The second-order valence-electron chi connectivity index (χ2n) is 5.75. The monoisotopic (exact) mass is 332 g/mol. The van der Waals surface area contributed by atoms with Crippen molar-refractivity contribution in [3.63, 3.8) is 0 Å². The molecule has 6 nitrogen and oxygen atoms in total. The van der Waals surface area contributed by atoms with E-state index in [4.69, 9.17) is 4.74 Å². The fraction of sp³-hybridized carbons (Fsp3) is 0.105. The Morgan fingerprint density at radius 1 is 1.20 bits per heavy atom. The van der Waals surface area contributed by atoms with E-state index in [0.29, 0.717) is 17.3 Å². The lowest BCUT2D eigenvalue weighted by atomic mass is 10.1. The molecule has 0 bridgehead atoms. The average molecular weight is 332 g/mol. The number of carbonyl (C=O) groups is 1. The average Bonchev–Trinajstić information content (AvgIpc) is 2.65. The number of hydrazone groups is 1. The van der Waals surface area contributed by atoms with Crippen LogP contribution in [-0.2, 0) is 4.79 Å². The fourth-order valence-electron chi connectivity index (χ4n) is 2.64. The Labute approximate surface area is 144 Å². The van der Waals surface area contributed by atoms with Gasteiger partial charge < -0.3 is 10.1 Å². The van der Waals surface area contributed by atoms with Crippen molar-refractivity contribution < 1.29 is 9.53 Å². The number of ether oxygens (including phenoxy) is 1. The molecule has 0 unspecified atom stereocenters. The minimum atomic E-state index is -0.155. The van der Waals surface area contributed by atoms with Crippen molar-refractivity contribution >= 4 is 34.0 Å². The molecular formula is C19H16N4O2. The van der Waals surface area contributed by atoms with Crippen molar-refractivity contribution in [2.75, 3.05) is 17.3 Å². The number of hydrogen-bond acceptors (Lipinski definition) is 5. The minimum Gasteiger partial charge on any atom is -0.482 e. The first kappa shape index (κ1) is 15.1. The zero-order valence-corrected chi connectivity index (χ0v) is 13.6. The van der Waals surface area contributed by atoms with Crippen LogP contribution >= 0.6 is 0 Å². The predicted molar refractivity (Wildman–Crippen MR) is 98.1 cm³/mol. The molecule has 0 spiro atoms. The van der Waals surface area contributed by atoms with Crippen molar-refractivity contribution in [1.29, 1.82) is 0 Å². The van der Waals surface area contributed by atoms with Crippen molar-refractivity contribution in [2.24, 2.45) is 5.10 Å². The van der Waals surface area contributed by atoms with Gasteiger partial charge in [-0.1, -0.05) is 18.2 Å². The molecule has 1 aromatic heterocycles. The minimum absolute atomic E-state index is 0.0502. The molecule has 1 aliphatic rings. The molecule has 1 amide bonds. The third kappa shape index (κ3) is 3.14. The quantitative estimate of drug-likeness (QED) is 0.569. The number of anilines is 2. The standard InChI is InChI=1S/C19H16N4O2/c1-12(14-6-8-17-16(10-14)21-19(24)11-25-17)22-23-18-9-7-13-4-2-3-5-15(13)20-18/h2-10H,11H2,1H3,(H,20,23)(H,21,24)/b22-12+. The Balaban J connectivity index is 1.56. The first-order valence-electron chi connectivity index (χ1n) is 7.92. The highest BCUT2D eigenvalue weighted by Crippen LogP contribution is 2.28. The van der Waals surface area contributed by atoms with Gasteiger partial charge in [0.05, 0.1) is 16.9 Å². The van der Waals surface area contributed by atoms with Gasteiger partial charge in [0.15, 0.2) is 6.61 Å². The van der Waals surface area contributed by atoms with E-state index < -0.39 is 0 Å². The lowest BCUT2D eigenvalue weighted by molar-refractivity contribution is -0.118. The Morgan fingerprint density at radius 2 is 2.08 bits per heavy atom. The molecule has 1 aliphatic heterocycles. The summed E-state index contributed by atoms with van der Waals surface area (Å²) < 4.78 is 5.36. The summed E-state index contributed by atoms with van der Waals surface area (Å²) in [6, 6.07) is 17.4. The van der Waals surface area contributed by atoms with Gasteiger partial charge in [0.25, 0.3) is 5.91 Å². The molecule has 124 valence electrons. The van der Waals surface area contributed by atoms with Crippen molar-refractivity contribution in [1.82, 2.24) is 4.98 Å².